The van der Waals surface area contributed by atoms with Gasteiger partial charge in [0.15, 0.2) is 0 Å². The van der Waals surface area contributed by atoms with E-state index in [9.17, 15) is 4.79 Å². The number of rotatable bonds is 5. The van der Waals surface area contributed by atoms with Crippen molar-refractivity contribution < 1.29 is 4.79 Å². The highest BCUT2D eigenvalue weighted by molar-refractivity contribution is 5.85. The number of aryl methyl sites for hydroxylation is 1. The van der Waals surface area contributed by atoms with Crippen LogP contribution in [-0.4, -0.2) is 17.4 Å². The molecule has 0 saturated heterocycles. The molecule has 0 aliphatic rings. The second-order valence-electron chi connectivity index (χ2n) is 4.77. The average Bonchev–Trinajstić information content (AvgIpc) is 2.49. The van der Waals surface area contributed by atoms with Crippen LogP contribution in [0.5, 0.6) is 0 Å². The average molecular weight is 342 g/mol. The summed E-state index contributed by atoms with van der Waals surface area (Å²) in [6.07, 6.45) is 2.43. The molecule has 1 atom stereocenters. The third kappa shape index (κ3) is 6.02. The quantitative estimate of drug-likeness (QED) is 0.878. The molecule has 0 bridgehead atoms. The molecule has 120 valence electrons. The maximum absolute atomic E-state index is 11.6. The van der Waals surface area contributed by atoms with E-state index in [2.05, 4.69) is 41.5 Å². The molecule has 1 unspecified atom stereocenters. The van der Waals surface area contributed by atoms with Gasteiger partial charge >= 0.3 is 0 Å². The number of nitrogens with zero attached hydrogens (tertiary/aromatic N) is 1. The van der Waals surface area contributed by atoms with Crippen LogP contribution in [0.3, 0.4) is 0 Å². The molecule has 22 heavy (non-hydrogen) atoms. The number of nitrogens with two attached hydrogens (primary N) is 1. The number of halogens is 2. The topological polar surface area (TPSA) is 68.0 Å². The highest BCUT2D eigenvalue weighted by Crippen LogP contribution is 2.16. The predicted octanol–water partition coefficient (Wildman–Crippen LogP) is 2.59. The molecule has 0 spiro atoms. The lowest BCUT2D eigenvalue weighted by atomic mass is 10.0. The van der Waals surface area contributed by atoms with E-state index < -0.39 is 0 Å². The Labute approximate surface area is 143 Å². The number of pyridine rings is 1. The number of hydrogen-bond donors (Lipinski definition) is 2. The fraction of sp³-hybridized carbons (Fsp3) is 0.250. The largest absolute Gasteiger partial charge is 0.346 e. The summed E-state index contributed by atoms with van der Waals surface area (Å²) in [5.74, 6) is -0.173. The minimum absolute atomic E-state index is 0. The molecular weight excluding hydrogens is 321 g/mol. The molecular formula is C16H21Cl2N3O. The third-order valence-corrected chi connectivity index (χ3v) is 3.13. The predicted molar refractivity (Wildman–Crippen MR) is 93.6 cm³/mol. The summed E-state index contributed by atoms with van der Waals surface area (Å²) in [6.45, 7) is 2.04. The fourth-order valence-electron chi connectivity index (χ4n) is 2.02. The van der Waals surface area contributed by atoms with Crippen molar-refractivity contribution in [3.05, 3.63) is 65.5 Å². The lowest BCUT2D eigenvalue weighted by Gasteiger charge is -2.18. The highest BCUT2D eigenvalue weighted by atomic mass is 35.5. The first-order valence-corrected chi connectivity index (χ1v) is 6.65. The Hall–Kier alpha value is -1.62. The van der Waals surface area contributed by atoms with Crippen LogP contribution in [0.2, 0.25) is 0 Å². The summed E-state index contributed by atoms with van der Waals surface area (Å²) in [5.41, 5.74) is 8.59. The third-order valence-electron chi connectivity index (χ3n) is 3.13. The van der Waals surface area contributed by atoms with E-state index in [4.69, 9.17) is 5.73 Å². The molecule has 0 aliphatic heterocycles. The number of carbonyl (C=O) groups is 1. The molecule has 0 fully saturated rings. The zero-order valence-corrected chi connectivity index (χ0v) is 14.0. The second kappa shape index (κ2) is 10.2. The van der Waals surface area contributed by atoms with Crippen LogP contribution in [-0.2, 0) is 11.2 Å². The Kier molecular flexibility index (Phi) is 9.42. The first-order valence-electron chi connectivity index (χ1n) is 6.65. The van der Waals surface area contributed by atoms with E-state index in [0.717, 1.165) is 11.3 Å². The van der Waals surface area contributed by atoms with Crippen molar-refractivity contribution in [3.63, 3.8) is 0 Å². The van der Waals surface area contributed by atoms with Gasteiger partial charge in [-0.3, -0.25) is 9.78 Å². The van der Waals surface area contributed by atoms with Gasteiger partial charge in [0.1, 0.15) is 0 Å². The van der Waals surface area contributed by atoms with E-state index in [0.29, 0.717) is 6.42 Å². The van der Waals surface area contributed by atoms with Crippen molar-refractivity contribution in [2.45, 2.75) is 19.4 Å². The minimum Gasteiger partial charge on any atom is -0.346 e. The second-order valence-corrected chi connectivity index (χ2v) is 4.77. The fourth-order valence-corrected chi connectivity index (χ4v) is 2.02. The normalized spacial score (nSPS) is 10.8. The Morgan fingerprint density at radius 1 is 1.18 bits per heavy atom. The summed E-state index contributed by atoms with van der Waals surface area (Å²) in [5, 5.41) is 2.92. The number of carbonyl (C=O) groups excluding carboxylic acids is 1. The molecule has 0 saturated carbocycles. The van der Waals surface area contributed by atoms with Crippen molar-refractivity contribution in [1.82, 2.24) is 10.3 Å². The Bertz CT molecular complexity index is 561. The number of hydrogen-bond acceptors (Lipinski definition) is 3. The lowest BCUT2D eigenvalue weighted by Crippen LogP contribution is -2.35. The van der Waals surface area contributed by atoms with Crippen molar-refractivity contribution in [3.8, 4) is 0 Å². The Morgan fingerprint density at radius 3 is 2.41 bits per heavy atom. The minimum atomic E-state index is -0.173. The molecule has 6 heteroatoms. The smallest absolute Gasteiger partial charge is 0.234 e. The van der Waals surface area contributed by atoms with Crippen molar-refractivity contribution in [2.75, 3.05) is 6.54 Å². The molecule has 1 amide bonds. The van der Waals surface area contributed by atoms with Crippen LogP contribution in [0.4, 0.5) is 0 Å². The van der Waals surface area contributed by atoms with E-state index in [1.807, 2.05) is 18.2 Å². The first kappa shape index (κ1) is 20.4. The lowest BCUT2D eigenvalue weighted by molar-refractivity contribution is -0.120. The summed E-state index contributed by atoms with van der Waals surface area (Å²) in [6, 6.07) is 13.8. The summed E-state index contributed by atoms with van der Waals surface area (Å²) < 4.78 is 0. The van der Waals surface area contributed by atoms with E-state index in [1.54, 1.807) is 6.20 Å². The Balaban J connectivity index is 0.00000220. The number of nitrogens with one attached hydrogen (secondary N) is 1. The molecule has 3 N–H and O–H groups in total. The van der Waals surface area contributed by atoms with Gasteiger partial charge in [0.05, 0.1) is 18.3 Å². The van der Waals surface area contributed by atoms with Crippen LogP contribution in [0, 0.1) is 6.92 Å². The maximum atomic E-state index is 11.6. The molecule has 1 heterocycles. The van der Waals surface area contributed by atoms with Crippen LogP contribution < -0.4 is 11.1 Å². The molecule has 2 aromatic rings. The SMILES string of the molecule is Cc1ccc(CC(NC(=O)CN)c2ccccn2)cc1.Cl.Cl. The molecule has 1 aromatic carbocycles. The van der Waals surface area contributed by atoms with Gasteiger partial charge in [0.25, 0.3) is 0 Å². The number of benzene rings is 1. The van der Waals surface area contributed by atoms with Gasteiger partial charge in [-0.25, -0.2) is 0 Å². The standard InChI is InChI=1S/C16H19N3O.2ClH/c1-12-5-7-13(8-6-12)10-15(19-16(20)11-17)14-4-2-3-9-18-14;;/h2-9,15H,10-11,17H2,1H3,(H,19,20);2*1H. The van der Waals surface area contributed by atoms with Gasteiger partial charge in [-0.15, -0.1) is 24.8 Å². The molecule has 0 radical (unpaired) electrons. The summed E-state index contributed by atoms with van der Waals surface area (Å²) in [4.78, 5) is 15.9. The van der Waals surface area contributed by atoms with Gasteiger partial charge in [-0.2, -0.15) is 0 Å². The van der Waals surface area contributed by atoms with Crippen LogP contribution in [0.1, 0.15) is 22.9 Å². The van der Waals surface area contributed by atoms with Crippen molar-refractivity contribution >= 4 is 30.7 Å². The van der Waals surface area contributed by atoms with Crippen LogP contribution in [0.15, 0.2) is 48.7 Å². The van der Waals surface area contributed by atoms with Gasteiger partial charge in [-0.05, 0) is 31.0 Å². The molecule has 0 aliphatic carbocycles. The van der Waals surface area contributed by atoms with Crippen molar-refractivity contribution in [2.24, 2.45) is 5.73 Å². The van der Waals surface area contributed by atoms with Gasteiger partial charge in [-0.1, -0.05) is 35.9 Å². The summed E-state index contributed by atoms with van der Waals surface area (Å²) in [7, 11) is 0. The van der Waals surface area contributed by atoms with Crippen LogP contribution >= 0.6 is 24.8 Å². The summed E-state index contributed by atoms with van der Waals surface area (Å²) >= 11 is 0. The van der Waals surface area contributed by atoms with E-state index >= 15 is 0 Å². The monoisotopic (exact) mass is 341 g/mol. The van der Waals surface area contributed by atoms with Gasteiger partial charge in [0.2, 0.25) is 5.91 Å². The maximum Gasteiger partial charge on any atom is 0.234 e. The molecule has 4 nitrogen and oxygen atoms in total. The van der Waals surface area contributed by atoms with E-state index in [1.165, 1.54) is 5.56 Å². The molecule has 1 aromatic heterocycles. The molecule has 2 rings (SSSR count). The zero-order chi connectivity index (χ0) is 14.4. The number of aromatic nitrogens is 1. The van der Waals surface area contributed by atoms with E-state index in [-0.39, 0.29) is 43.3 Å². The number of amides is 1. The van der Waals surface area contributed by atoms with Gasteiger partial charge < -0.3 is 11.1 Å². The van der Waals surface area contributed by atoms with Gasteiger partial charge in [0, 0.05) is 6.20 Å². The zero-order valence-electron chi connectivity index (χ0n) is 12.4. The first-order chi connectivity index (χ1) is 9.69. The Morgan fingerprint density at radius 2 is 1.86 bits per heavy atom. The van der Waals surface area contributed by atoms with Crippen LogP contribution in [0.25, 0.3) is 0 Å². The van der Waals surface area contributed by atoms with Crippen molar-refractivity contribution in [1.29, 1.82) is 0 Å². The highest BCUT2D eigenvalue weighted by Gasteiger charge is 2.15.